The van der Waals surface area contributed by atoms with E-state index in [4.69, 9.17) is 4.74 Å². The third kappa shape index (κ3) is 5.79. The molecule has 1 aliphatic rings. The van der Waals surface area contributed by atoms with Crippen molar-refractivity contribution in [2.45, 2.75) is 33.0 Å². The maximum Gasteiger partial charge on any atom is 0.294 e. The van der Waals surface area contributed by atoms with Gasteiger partial charge in [0.15, 0.2) is 5.69 Å². The summed E-state index contributed by atoms with van der Waals surface area (Å²) in [5.74, 6) is -0.644. The zero-order valence-electron chi connectivity index (χ0n) is 19.6. The average molecular weight is 478 g/mol. The van der Waals surface area contributed by atoms with Crippen molar-refractivity contribution in [1.29, 1.82) is 0 Å². The summed E-state index contributed by atoms with van der Waals surface area (Å²) in [5.41, 5.74) is 1.52. The van der Waals surface area contributed by atoms with E-state index in [2.05, 4.69) is 22.2 Å². The molecule has 4 rings (SSSR count). The Morgan fingerprint density at radius 2 is 1.97 bits per heavy atom. The SMILES string of the molecule is Cc1cc(=O)c(C(=O)NCc2cccc(CN3CCOC(C)C3)c2)nn1-c1ccccc1[N+](=O)[O-]. The Balaban J connectivity index is 1.50. The second kappa shape index (κ2) is 10.6. The lowest BCUT2D eigenvalue weighted by molar-refractivity contribution is -0.384. The summed E-state index contributed by atoms with van der Waals surface area (Å²) in [4.78, 5) is 38.6. The number of aromatic nitrogens is 2. The quantitative estimate of drug-likeness (QED) is 0.410. The predicted molar refractivity (Wildman–Crippen MR) is 130 cm³/mol. The second-order valence-electron chi connectivity index (χ2n) is 8.58. The highest BCUT2D eigenvalue weighted by molar-refractivity contribution is 5.92. The van der Waals surface area contributed by atoms with Crippen LogP contribution >= 0.6 is 0 Å². The molecule has 0 radical (unpaired) electrons. The number of nitrogens with one attached hydrogen (secondary N) is 1. The van der Waals surface area contributed by atoms with Gasteiger partial charge in [0, 0.05) is 44.0 Å². The van der Waals surface area contributed by atoms with E-state index in [1.165, 1.54) is 22.9 Å². The van der Waals surface area contributed by atoms with Crippen molar-refractivity contribution < 1.29 is 14.5 Å². The van der Waals surface area contributed by atoms with Gasteiger partial charge in [-0.15, -0.1) is 0 Å². The lowest BCUT2D eigenvalue weighted by atomic mass is 10.1. The molecule has 2 heterocycles. The number of amides is 1. The summed E-state index contributed by atoms with van der Waals surface area (Å²) in [6.07, 6.45) is 0.203. The number of nitro groups is 1. The number of aryl methyl sites for hydroxylation is 1. The van der Waals surface area contributed by atoms with Gasteiger partial charge in [-0.2, -0.15) is 5.10 Å². The number of hydrogen-bond acceptors (Lipinski definition) is 7. The van der Waals surface area contributed by atoms with E-state index < -0.39 is 16.3 Å². The number of para-hydroxylation sites is 2. The molecule has 35 heavy (non-hydrogen) atoms. The number of ether oxygens (including phenoxy) is 1. The monoisotopic (exact) mass is 477 g/mol. The lowest BCUT2D eigenvalue weighted by Gasteiger charge is -2.31. The molecule has 0 bridgehead atoms. The number of nitrogens with zero attached hydrogens (tertiary/aromatic N) is 4. The molecule has 2 aromatic carbocycles. The van der Waals surface area contributed by atoms with E-state index in [-0.39, 0.29) is 29.7 Å². The normalized spacial score (nSPS) is 16.1. The zero-order chi connectivity index (χ0) is 24.9. The molecule has 1 aromatic heterocycles. The molecule has 0 spiro atoms. The molecule has 0 saturated carbocycles. The Hall–Kier alpha value is -3.89. The number of morpholine rings is 1. The summed E-state index contributed by atoms with van der Waals surface area (Å²) >= 11 is 0. The lowest BCUT2D eigenvalue weighted by Crippen LogP contribution is -2.40. The second-order valence-corrected chi connectivity index (χ2v) is 8.58. The van der Waals surface area contributed by atoms with Crippen LogP contribution in [-0.2, 0) is 17.8 Å². The van der Waals surface area contributed by atoms with Gasteiger partial charge in [0.05, 0.1) is 17.6 Å². The third-order valence-electron chi connectivity index (χ3n) is 5.80. The molecule has 182 valence electrons. The first-order valence-electron chi connectivity index (χ1n) is 11.4. The molecule has 1 N–H and O–H groups in total. The topological polar surface area (TPSA) is 120 Å². The van der Waals surface area contributed by atoms with Crippen molar-refractivity contribution in [2.24, 2.45) is 0 Å². The molecule has 1 saturated heterocycles. The molecule has 10 nitrogen and oxygen atoms in total. The van der Waals surface area contributed by atoms with Crippen molar-refractivity contribution in [3.8, 4) is 5.69 Å². The molecule has 0 aliphatic carbocycles. The van der Waals surface area contributed by atoms with Crippen molar-refractivity contribution >= 4 is 11.6 Å². The number of hydrogen-bond donors (Lipinski definition) is 1. The predicted octanol–water partition coefficient (Wildman–Crippen LogP) is 2.60. The van der Waals surface area contributed by atoms with E-state index in [9.17, 15) is 19.7 Å². The van der Waals surface area contributed by atoms with E-state index in [1.807, 2.05) is 24.3 Å². The van der Waals surface area contributed by atoms with E-state index in [1.54, 1.807) is 19.1 Å². The van der Waals surface area contributed by atoms with E-state index >= 15 is 0 Å². The molecular formula is C25H27N5O5. The van der Waals surface area contributed by atoms with Crippen LogP contribution in [0.1, 0.15) is 34.2 Å². The Kier molecular flexibility index (Phi) is 7.33. The Morgan fingerprint density at radius 1 is 1.20 bits per heavy atom. The number of rotatable bonds is 7. The summed E-state index contributed by atoms with van der Waals surface area (Å²) in [7, 11) is 0. The molecule has 1 fully saturated rings. The number of nitro benzene ring substituents is 1. The molecule has 3 aromatic rings. The van der Waals surface area contributed by atoms with Crippen LogP contribution in [0.5, 0.6) is 0 Å². The Morgan fingerprint density at radius 3 is 2.74 bits per heavy atom. The smallest absolute Gasteiger partial charge is 0.294 e. The average Bonchev–Trinajstić information content (AvgIpc) is 2.83. The van der Waals surface area contributed by atoms with Crippen LogP contribution in [0.4, 0.5) is 5.69 Å². The van der Waals surface area contributed by atoms with Crippen LogP contribution in [0, 0.1) is 17.0 Å². The molecule has 1 atom stereocenters. The maximum absolute atomic E-state index is 12.8. The summed E-state index contributed by atoms with van der Waals surface area (Å²) < 4.78 is 6.84. The summed E-state index contributed by atoms with van der Waals surface area (Å²) in [6, 6.07) is 15.2. The molecule has 1 aliphatic heterocycles. The van der Waals surface area contributed by atoms with Crippen LogP contribution < -0.4 is 10.7 Å². The van der Waals surface area contributed by atoms with Crippen LogP contribution in [0.25, 0.3) is 5.69 Å². The van der Waals surface area contributed by atoms with Crippen LogP contribution in [0.15, 0.2) is 59.4 Å². The van der Waals surface area contributed by atoms with Gasteiger partial charge < -0.3 is 10.1 Å². The van der Waals surface area contributed by atoms with Gasteiger partial charge in [0.2, 0.25) is 5.43 Å². The highest BCUT2D eigenvalue weighted by atomic mass is 16.6. The standard InChI is InChI=1S/C25H27N5O5/c1-17-12-23(31)24(27-29(17)21-8-3-4-9-22(21)30(33)34)25(32)26-14-19-6-5-7-20(13-19)16-28-10-11-35-18(2)15-28/h3-9,12-13,18H,10-11,14-16H2,1-2H3,(H,26,32). The van der Waals surface area contributed by atoms with Crippen molar-refractivity contribution in [2.75, 3.05) is 19.7 Å². The van der Waals surface area contributed by atoms with Gasteiger partial charge in [0.25, 0.3) is 11.6 Å². The van der Waals surface area contributed by atoms with Gasteiger partial charge in [-0.1, -0.05) is 36.4 Å². The summed E-state index contributed by atoms with van der Waals surface area (Å²) in [6.45, 7) is 7.11. The van der Waals surface area contributed by atoms with Gasteiger partial charge in [-0.25, -0.2) is 4.68 Å². The summed E-state index contributed by atoms with van der Waals surface area (Å²) in [5, 5.41) is 18.4. The molecule has 1 unspecified atom stereocenters. The minimum Gasteiger partial charge on any atom is -0.376 e. The fourth-order valence-electron chi connectivity index (χ4n) is 4.14. The minimum absolute atomic E-state index is 0.175. The maximum atomic E-state index is 12.8. The molecule has 10 heteroatoms. The first kappa shape index (κ1) is 24.2. The van der Waals surface area contributed by atoms with E-state index in [0.717, 1.165) is 30.8 Å². The highest BCUT2D eigenvalue weighted by Gasteiger charge is 2.20. The molecule has 1 amide bonds. The van der Waals surface area contributed by atoms with Crippen LogP contribution in [0.2, 0.25) is 0 Å². The minimum atomic E-state index is -0.644. The number of carbonyl (C=O) groups is 1. The Bertz CT molecular complexity index is 1310. The fourth-order valence-corrected chi connectivity index (χ4v) is 4.14. The Labute approximate surface area is 202 Å². The number of benzene rings is 2. The third-order valence-corrected chi connectivity index (χ3v) is 5.80. The fraction of sp³-hybridized carbons (Fsp3) is 0.320. The zero-order valence-corrected chi connectivity index (χ0v) is 19.6. The largest absolute Gasteiger partial charge is 0.376 e. The van der Waals surface area contributed by atoms with Gasteiger partial charge in [-0.05, 0) is 31.0 Å². The van der Waals surface area contributed by atoms with Crippen molar-refractivity contribution in [1.82, 2.24) is 20.0 Å². The first-order chi connectivity index (χ1) is 16.8. The van der Waals surface area contributed by atoms with E-state index in [0.29, 0.717) is 12.3 Å². The highest BCUT2D eigenvalue weighted by Crippen LogP contribution is 2.22. The van der Waals surface area contributed by atoms with Crippen molar-refractivity contribution in [3.05, 3.63) is 97.4 Å². The van der Waals surface area contributed by atoms with Crippen LogP contribution in [-0.4, -0.2) is 51.3 Å². The first-order valence-corrected chi connectivity index (χ1v) is 11.4. The number of carbonyl (C=O) groups excluding carboxylic acids is 1. The van der Waals surface area contributed by atoms with Gasteiger partial charge >= 0.3 is 0 Å². The van der Waals surface area contributed by atoms with Crippen molar-refractivity contribution in [3.63, 3.8) is 0 Å². The van der Waals surface area contributed by atoms with Gasteiger partial charge in [0.1, 0.15) is 5.69 Å². The van der Waals surface area contributed by atoms with Crippen LogP contribution in [0.3, 0.4) is 0 Å². The van der Waals surface area contributed by atoms with Gasteiger partial charge in [-0.3, -0.25) is 24.6 Å². The molecular weight excluding hydrogens is 450 g/mol.